The zero-order valence-electron chi connectivity index (χ0n) is 18.6. The maximum absolute atomic E-state index is 13.0. The molecule has 0 fully saturated rings. The summed E-state index contributed by atoms with van der Waals surface area (Å²) in [5.41, 5.74) is 5.53. The SMILES string of the molecule is CN1c2cc(-c3cn(C)c4nccc(NS(=O)(=O)c5ccn(C)n5)c34)ccc2C[C@@H]1CC=S. The highest BCUT2D eigenvalue weighted by atomic mass is 32.2. The molecular formula is C23H24N6O2S2. The molecule has 4 aromatic rings. The van der Waals surface area contributed by atoms with Gasteiger partial charge in [0.25, 0.3) is 10.0 Å². The summed E-state index contributed by atoms with van der Waals surface area (Å²) in [6.07, 6.45) is 7.01. The van der Waals surface area contributed by atoms with Gasteiger partial charge in [0.05, 0.1) is 11.1 Å². The van der Waals surface area contributed by atoms with E-state index in [0.717, 1.165) is 29.4 Å². The Bertz CT molecular complexity index is 1490. The Balaban J connectivity index is 1.61. The van der Waals surface area contributed by atoms with Crippen molar-refractivity contribution in [1.29, 1.82) is 0 Å². The summed E-state index contributed by atoms with van der Waals surface area (Å²) < 4.78 is 32.0. The van der Waals surface area contributed by atoms with Crippen molar-refractivity contribution in [2.24, 2.45) is 14.1 Å². The van der Waals surface area contributed by atoms with Crippen molar-refractivity contribution in [2.75, 3.05) is 16.7 Å². The van der Waals surface area contributed by atoms with Crippen LogP contribution in [0.4, 0.5) is 11.4 Å². The van der Waals surface area contributed by atoms with E-state index in [4.69, 9.17) is 12.2 Å². The average Bonchev–Trinajstić information content (AvgIpc) is 3.46. The zero-order valence-corrected chi connectivity index (χ0v) is 20.2. The second kappa shape index (κ2) is 7.96. The molecule has 0 saturated heterocycles. The Morgan fingerprint density at radius 2 is 2.03 bits per heavy atom. The molecule has 33 heavy (non-hydrogen) atoms. The number of fused-ring (bicyclic) bond motifs is 2. The molecule has 1 atom stereocenters. The fraction of sp³-hybridized carbons (Fsp3) is 0.261. The van der Waals surface area contributed by atoms with Crippen molar-refractivity contribution in [2.45, 2.75) is 23.9 Å². The molecule has 3 aromatic heterocycles. The molecule has 0 saturated carbocycles. The predicted octanol–water partition coefficient (Wildman–Crippen LogP) is 3.53. The molecule has 10 heteroatoms. The quantitative estimate of drug-likeness (QED) is 0.425. The number of hydrogen-bond acceptors (Lipinski definition) is 6. The number of nitrogens with zero attached hydrogens (tertiary/aromatic N) is 5. The summed E-state index contributed by atoms with van der Waals surface area (Å²) >= 11 is 5.08. The molecule has 0 unspecified atom stereocenters. The van der Waals surface area contributed by atoms with E-state index < -0.39 is 10.0 Å². The van der Waals surface area contributed by atoms with Gasteiger partial charge in [0.1, 0.15) is 5.65 Å². The number of anilines is 2. The average molecular weight is 481 g/mol. The van der Waals surface area contributed by atoms with Crippen LogP contribution in [0.15, 0.2) is 53.9 Å². The number of thiocarbonyl (C=S) groups is 1. The first kappa shape index (κ1) is 21.6. The van der Waals surface area contributed by atoms with E-state index in [0.29, 0.717) is 17.4 Å². The maximum Gasteiger partial charge on any atom is 0.281 e. The van der Waals surface area contributed by atoms with Crippen LogP contribution in [0.2, 0.25) is 0 Å². The van der Waals surface area contributed by atoms with Crippen LogP contribution in [-0.4, -0.2) is 46.2 Å². The fourth-order valence-electron chi connectivity index (χ4n) is 4.51. The van der Waals surface area contributed by atoms with Crippen molar-refractivity contribution < 1.29 is 8.42 Å². The first-order valence-corrected chi connectivity index (χ1v) is 12.5. The maximum atomic E-state index is 13.0. The molecule has 0 aliphatic carbocycles. The number of aryl methyl sites for hydroxylation is 2. The van der Waals surface area contributed by atoms with Crippen LogP contribution in [0.3, 0.4) is 0 Å². The number of pyridine rings is 1. The number of aromatic nitrogens is 4. The minimum absolute atomic E-state index is 0.0313. The third-order valence-corrected chi connectivity index (χ3v) is 7.66. The number of nitrogens with one attached hydrogen (secondary N) is 1. The van der Waals surface area contributed by atoms with Gasteiger partial charge in [-0.2, -0.15) is 13.5 Å². The molecule has 0 amide bonds. The van der Waals surface area contributed by atoms with Gasteiger partial charge in [0, 0.05) is 57.0 Å². The Hall–Kier alpha value is -3.24. The van der Waals surface area contributed by atoms with Crippen LogP contribution in [-0.2, 0) is 30.5 Å². The van der Waals surface area contributed by atoms with Crippen molar-refractivity contribution in [3.63, 3.8) is 0 Å². The van der Waals surface area contributed by atoms with Gasteiger partial charge >= 0.3 is 0 Å². The topological polar surface area (TPSA) is 85.0 Å². The highest BCUT2D eigenvalue weighted by Gasteiger charge is 2.27. The minimum Gasteiger partial charge on any atom is -0.371 e. The normalized spacial score (nSPS) is 15.7. The molecule has 5 rings (SSSR count). The molecule has 0 bridgehead atoms. The number of likely N-dealkylation sites (N-methyl/N-ethyl adjacent to an activating group) is 1. The Kier molecular flexibility index (Phi) is 5.21. The molecule has 1 N–H and O–H groups in total. The van der Waals surface area contributed by atoms with E-state index in [-0.39, 0.29) is 5.03 Å². The van der Waals surface area contributed by atoms with Gasteiger partial charge in [-0.3, -0.25) is 9.40 Å². The number of hydrogen-bond donors (Lipinski definition) is 1. The number of benzene rings is 1. The molecule has 1 aromatic carbocycles. The third-order valence-electron chi connectivity index (χ3n) is 6.21. The van der Waals surface area contributed by atoms with Gasteiger partial charge in [-0.1, -0.05) is 24.4 Å². The van der Waals surface area contributed by atoms with Crippen LogP contribution in [0, 0.1) is 0 Å². The third kappa shape index (κ3) is 3.68. The zero-order chi connectivity index (χ0) is 23.3. The summed E-state index contributed by atoms with van der Waals surface area (Å²) in [4.78, 5) is 6.77. The van der Waals surface area contributed by atoms with Gasteiger partial charge in [0.15, 0.2) is 5.03 Å². The lowest BCUT2D eigenvalue weighted by molar-refractivity contribution is 0.593. The summed E-state index contributed by atoms with van der Waals surface area (Å²) in [5, 5.41) is 6.55. The molecule has 1 aliphatic rings. The molecule has 1 aliphatic heterocycles. The molecular weight excluding hydrogens is 456 g/mol. The second-order valence-electron chi connectivity index (χ2n) is 8.36. The van der Waals surface area contributed by atoms with E-state index >= 15 is 0 Å². The van der Waals surface area contributed by atoms with Crippen molar-refractivity contribution in [3.8, 4) is 11.1 Å². The lowest BCUT2D eigenvalue weighted by atomic mass is 10.0. The van der Waals surface area contributed by atoms with E-state index in [1.165, 1.54) is 22.0 Å². The molecule has 0 spiro atoms. The van der Waals surface area contributed by atoms with Crippen LogP contribution in [0.1, 0.15) is 12.0 Å². The predicted molar refractivity (Wildman–Crippen MR) is 134 cm³/mol. The largest absolute Gasteiger partial charge is 0.371 e. The summed E-state index contributed by atoms with van der Waals surface area (Å²) in [7, 11) is 1.84. The number of rotatable bonds is 6. The molecule has 170 valence electrons. The first-order chi connectivity index (χ1) is 15.8. The van der Waals surface area contributed by atoms with E-state index in [1.54, 1.807) is 30.9 Å². The van der Waals surface area contributed by atoms with Crippen LogP contribution in [0.25, 0.3) is 22.2 Å². The Morgan fingerprint density at radius 1 is 1.21 bits per heavy atom. The van der Waals surface area contributed by atoms with E-state index in [1.807, 2.05) is 17.8 Å². The highest BCUT2D eigenvalue weighted by molar-refractivity contribution is 7.92. The van der Waals surface area contributed by atoms with Crippen LogP contribution >= 0.6 is 12.2 Å². The van der Waals surface area contributed by atoms with E-state index in [9.17, 15) is 8.42 Å². The minimum atomic E-state index is -3.85. The Labute approximate surface area is 197 Å². The summed E-state index contributed by atoms with van der Waals surface area (Å²) in [6.45, 7) is 0. The lowest BCUT2D eigenvalue weighted by Gasteiger charge is -2.21. The lowest BCUT2D eigenvalue weighted by Crippen LogP contribution is -2.27. The van der Waals surface area contributed by atoms with Gasteiger partial charge in [-0.05, 0) is 47.5 Å². The van der Waals surface area contributed by atoms with Crippen molar-refractivity contribution in [3.05, 3.63) is 54.5 Å². The van der Waals surface area contributed by atoms with Gasteiger partial charge < -0.3 is 9.47 Å². The van der Waals surface area contributed by atoms with Crippen LogP contribution in [0.5, 0.6) is 0 Å². The fourth-order valence-corrected chi connectivity index (χ4v) is 5.78. The smallest absolute Gasteiger partial charge is 0.281 e. The van der Waals surface area contributed by atoms with Gasteiger partial charge in [-0.25, -0.2) is 4.98 Å². The first-order valence-electron chi connectivity index (χ1n) is 10.5. The molecule has 8 nitrogen and oxygen atoms in total. The van der Waals surface area contributed by atoms with Crippen molar-refractivity contribution >= 4 is 50.0 Å². The molecule has 0 radical (unpaired) electrons. The standard InChI is InChI=1S/C23H24N6O2S2/c1-27-14-18(15-4-5-16-12-17(8-11-32)29(3)20(16)13-15)22-19(6-9-24-23(22)27)26-33(30,31)21-7-10-28(2)25-21/h4-7,9-11,13-14,17H,8,12H2,1-3H3,(H,24,26)/t17-/m0/s1. The second-order valence-corrected chi connectivity index (χ2v) is 10.3. The Morgan fingerprint density at radius 3 is 2.76 bits per heavy atom. The summed E-state index contributed by atoms with van der Waals surface area (Å²) in [6, 6.07) is 9.92. The number of sulfonamides is 1. The highest BCUT2D eigenvalue weighted by Crippen LogP contribution is 2.40. The van der Waals surface area contributed by atoms with Crippen LogP contribution < -0.4 is 9.62 Å². The van der Waals surface area contributed by atoms with E-state index in [2.05, 4.69) is 45.0 Å². The summed E-state index contributed by atoms with van der Waals surface area (Å²) in [5.74, 6) is 0. The van der Waals surface area contributed by atoms with Crippen molar-refractivity contribution in [1.82, 2.24) is 19.3 Å². The molecule has 4 heterocycles. The monoisotopic (exact) mass is 480 g/mol. The van der Waals surface area contributed by atoms with Gasteiger partial charge in [0.2, 0.25) is 0 Å². The van der Waals surface area contributed by atoms with Gasteiger partial charge in [-0.15, -0.1) is 0 Å².